The molecule has 0 aliphatic heterocycles. The molecular formula is C11H12BrClN2. The van der Waals surface area contributed by atoms with Crippen molar-refractivity contribution in [3.8, 4) is 0 Å². The van der Waals surface area contributed by atoms with E-state index in [4.69, 9.17) is 17.3 Å². The maximum absolute atomic E-state index is 6.35. The predicted molar refractivity (Wildman–Crippen MR) is 64.0 cm³/mol. The molecule has 2 saturated carbocycles. The lowest BCUT2D eigenvalue weighted by Gasteiger charge is -2.24. The van der Waals surface area contributed by atoms with E-state index in [1.807, 2.05) is 6.07 Å². The molecule has 0 unspecified atom stereocenters. The van der Waals surface area contributed by atoms with Crippen LogP contribution in [-0.4, -0.2) is 10.5 Å². The van der Waals surface area contributed by atoms with Gasteiger partial charge in [0.05, 0.1) is 0 Å². The molecule has 4 heteroatoms. The van der Waals surface area contributed by atoms with Gasteiger partial charge in [-0.25, -0.2) is 4.98 Å². The first kappa shape index (κ1) is 10.1. The van der Waals surface area contributed by atoms with Crippen molar-refractivity contribution in [1.82, 2.24) is 4.98 Å². The zero-order valence-electron chi connectivity index (χ0n) is 8.26. The highest BCUT2D eigenvalue weighted by Crippen LogP contribution is 2.64. The van der Waals surface area contributed by atoms with Gasteiger partial charge in [-0.2, -0.15) is 0 Å². The van der Waals surface area contributed by atoms with E-state index in [9.17, 15) is 0 Å². The molecule has 0 atom stereocenters. The molecule has 3 rings (SSSR count). The van der Waals surface area contributed by atoms with Crippen LogP contribution in [0.1, 0.15) is 31.2 Å². The van der Waals surface area contributed by atoms with E-state index in [-0.39, 0.29) is 11.0 Å². The molecule has 2 nitrogen and oxygen atoms in total. The van der Waals surface area contributed by atoms with Crippen LogP contribution in [0.2, 0.25) is 5.15 Å². The average Bonchev–Trinajstić information content (AvgIpc) is 3.05. The molecule has 0 saturated heterocycles. The Balaban J connectivity index is 2.09. The van der Waals surface area contributed by atoms with Crippen LogP contribution in [0.25, 0.3) is 0 Å². The number of nitrogens with two attached hydrogens (primary N) is 1. The summed E-state index contributed by atoms with van der Waals surface area (Å²) in [5, 5.41) is 0.559. The fourth-order valence-electron chi connectivity index (χ4n) is 2.55. The largest absolute Gasteiger partial charge is 0.324 e. The maximum Gasteiger partial charge on any atom is 0.129 e. The smallest absolute Gasteiger partial charge is 0.129 e. The van der Waals surface area contributed by atoms with Crippen molar-refractivity contribution in [3.05, 3.63) is 27.5 Å². The number of nitrogens with zero attached hydrogens (tertiary/aromatic N) is 1. The minimum atomic E-state index is 0.0280. The van der Waals surface area contributed by atoms with Crippen LogP contribution in [0.5, 0.6) is 0 Å². The van der Waals surface area contributed by atoms with Gasteiger partial charge in [-0.15, -0.1) is 0 Å². The highest BCUT2D eigenvalue weighted by molar-refractivity contribution is 9.10. The van der Waals surface area contributed by atoms with Gasteiger partial charge in [0.15, 0.2) is 0 Å². The van der Waals surface area contributed by atoms with Gasteiger partial charge < -0.3 is 5.73 Å². The van der Waals surface area contributed by atoms with E-state index in [2.05, 4.69) is 20.9 Å². The summed E-state index contributed by atoms with van der Waals surface area (Å²) in [6, 6.07) is 1.96. The molecule has 0 aromatic carbocycles. The molecule has 1 aromatic heterocycles. The summed E-state index contributed by atoms with van der Waals surface area (Å²) in [6.07, 6.45) is 6.42. The monoisotopic (exact) mass is 286 g/mol. The zero-order chi connectivity index (χ0) is 10.7. The molecule has 2 aliphatic rings. The van der Waals surface area contributed by atoms with Gasteiger partial charge in [-0.05, 0) is 53.2 Å². The molecule has 0 spiro atoms. The molecular weight excluding hydrogens is 275 g/mol. The van der Waals surface area contributed by atoms with E-state index in [0.29, 0.717) is 5.15 Å². The summed E-state index contributed by atoms with van der Waals surface area (Å²) < 4.78 is 1.04. The second-order valence-electron chi connectivity index (χ2n) is 4.73. The number of aromatic nitrogens is 1. The summed E-state index contributed by atoms with van der Waals surface area (Å²) in [5.74, 6) is 0. The van der Waals surface area contributed by atoms with Crippen molar-refractivity contribution in [2.45, 2.75) is 36.6 Å². The van der Waals surface area contributed by atoms with Crippen LogP contribution in [0.3, 0.4) is 0 Å². The van der Waals surface area contributed by atoms with E-state index in [1.54, 1.807) is 6.20 Å². The summed E-state index contributed by atoms with van der Waals surface area (Å²) in [4.78, 5) is 4.06. The van der Waals surface area contributed by atoms with Crippen molar-refractivity contribution in [1.29, 1.82) is 0 Å². The molecule has 0 radical (unpaired) electrons. The van der Waals surface area contributed by atoms with Crippen molar-refractivity contribution >= 4 is 27.5 Å². The number of pyridine rings is 1. The van der Waals surface area contributed by atoms with Crippen LogP contribution < -0.4 is 5.73 Å². The Morgan fingerprint density at radius 2 is 2.00 bits per heavy atom. The first-order chi connectivity index (χ1) is 7.07. The fraction of sp³-hybridized carbons (Fsp3) is 0.545. The van der Waals surface area contributed by atoms with E-state index in [0.717, 1.165) is 17.3 Å². The Morgan fingerprint density at radius 3 is 2.53 bits per heavy atom. The molecule has 0 bridgehead atoms. The van der Waals surface area contributed by atoms with Gasteiger partial charge >= 0.3 is 0 Å². The summed E-state index contributed by atoms with van der Waals surface area (Å²) in [6.45, 7) is 0. The van der Waals surface area contributed by atoms with Crippen LogP contribution >= 0.6 is 27.5 Å². The second kappa shape index (κ2) is 2.96. The number of hydrogen-bond donors (Lipinski definition) is 1. The third-order valence-electron chi connectivity index (χ3n) is 3.83. The Bertz CT molecular complexity index is 425. The van der Waals surface area contributed by atoms with Crippen molar-refractivity contribution in [2.75, 3.05) is 0 Å². The van der Waals surface area contributed by atoms with Crippen LogP contribution in [-0.2, 0) is 5.41 Å². The van der Waals surface area contributed by atoms with Crippen molar-refractivity contribution in [2.24, 2.45) is 5.73 Å². The number of rotatable bonds is 2. The maximum atomic E-state index is 6.35. The van der Waals surface area contributed by atoms with Gasteiger partial charge in [0.2, 0.25) is 0 Å². The highest BCUT2D eigenvalue weighted by Gasteiger charge is 2.64. The van der Waals surface area contributed by atoms with Crippen LogP contribution in [0, 0.1) is 0 Å². The Hall–Kier alpha value is -0.120. The van der Waals surface area contributed by atoms with Gasteiger partial charge in [-0.1, -0.05) is 11.6 Å². The molecule has 2 aliphatic carbocycles. The third kappa shape index (κ3) is 1.37. The molecule has 1 heterocycles. The van der Waals surface area contributed by atoms with Crippen molar-refractivity contribution < 1.29 is 0 Å². The van der Waals surface area contributed by atoms with Crippen LogP contribution in [0.4, 0.5) is 0 Å². The lowest BCUT2D eigenvalue weighted by molar-refractivity contribution is 0.501. The van der Waals surface area contributed by atoms with Gasteiger partial charge in [0, 0.05) is 21.6 Å². The Kier molecular flexibility index (Phi) is 1.99. The molecule has 2 N–H and O–H groups in total. The molecule has 1 aromatic rings. The third-order valence-corrected chi connectivity index (χ3v) is 4.67. The number of halogens is 2. The van der Waals surface area contributed by atoms with Gasteiger partial charge in [0.25, 0.3) is 0 Å². The quantitative estimate of drug-likeness (QED) is 0.849. The fourth-order valence-corrected chi connectivity index (χ4v) is 3.31. The minimum absolute atomic E-state index is 0.0280. The summed E-state index contributed by atoms with van der Waals surface area (Å²) >= 11 is 9.50. The Morgan fingerprint density at radius 1 is 1.33 bits per heavy atom. The zero-order valence-corrected chi connectivity index (χ0v) is 10.6. The summed E-state index contributed by atoms with van der Waals surface area (Å²) in [5.41, 5.74) is 7.81. The first-order valence-corrected chi connectivity index (χ1v) is 6.35. The molecule has 80 valence electrons. The second-order valence-corrected chi connectivity index (χ2v) is 5.97. The van der Waals surface area contributed by atoms with Crippen LogP contribution in [0.15, 0.2) is 16.7 Å². The topological polar surface area (TPSA) is 38.9 Å². The number of hydrogen-bond acceptors (Lipinski definition) is 2. The van der Waals surface area contributed by atoms with Gasteiger partial charge in [-0.3, -0.25) is 0 Å². The molecule has 2 fully saturated rings. The lowest BCUT2D eigenvalue weighted by Crippen LogP contribution is -2.37. The normalized spacial score (nSPS) is 25.0. The minimum Gasteiger partial charge on any atom is -0.324 e. The standard InChI is InChI=1S/C11H12BrClN2/c12-8-6-15-9(13)5-7(8)10(1-2-10)11(14)3-4-11/h5-6H,1-4,14H2. The molecule has 0 amide bonds. The van der Waals surface area contributed by atoms with E-state index < -0.39 is 0 Å². The highest BCUT2D eigenvalue weighted by atomic mass is 79.9. The predicted octanol–water partition coefficient (Wildman–Crippen LogP) is 3.02. The summed E-state index contributed by atoms with van der Waals surface area (Å²) in [7, 11) is 0. The Labute approximate surface area is 102 Å². The van der Waals surface area contributed by atoms with E-state index in [1.165, 1.54) is 18.4 Å². The first-order valence-electron chi connectivity index (χ1n) is 5.18. The van der Waals surface area contributed by atoms with Gasteiger partial charge in [0.1, 0.15) is 5.15 Å². The van der Waals surface area contributed by atoms with Crippen molar-refractivity contribution in [3.63, 3.8) is 0 Å². The SMILES string of the molecule is NC1(C2(c3cc(Cl)ncc3Br)CC2)CC1. The average molecular weight is 288 g/mol. The lowest BCUT2D eigenvalue weighted by atomic mass is 9.87. The molecule has 15 heavy (non-hydrogen) atoms. The van der Waals surface area contributed by atoms with E-state index >= 15 is 0 Å².